The van der Waals surface area contributed by atoms with E-state index in [1.54, 1.807) is 13.8 Å². The Bertz CT molecular complexity index is 981. The van der Waals surface area contributed by atoms with Crippen molar-refractivity contribution in [2.24, 2.45) is 0 Å². The molecular formula is C17H19ClN2O6S. The number of esters is 1. The van der Waals surface area contributed by atoms with Gasteiger partial charge in [0.05, 0.1) is 15.6 Å². The Morgan fingerprint density at radius 1 is 1.22 bits per heavy atom. The highest BCUT2D eigenvalue weighted by Crippen LogP contribution is 2.26. The summed E-state index contributed by atoms with van der Waals surface area (Å²) in [5, 5.41) is 2.58. The van der Waals surface area contributed by atoms with Crippen molar-refractivity contribution in [3.8, 4) is 0 Å². The molecule has 1 amide bonds. The first-order chi connectivity index (χ1) is 12.5. The molecule has 0 fully saturated rings. The van der Waals surface area contributed by atoms with Crippen molar-refractivity contribution in [1.82, 2.24) is 4.31 Å². The van der Waals surface area contributed by atoms with Crippen molar-refractivity contribution in [2.75, 3.05) is 26.0 Å². The van der Waals surface area contributed by atoms with Gasteiger partial charge in [0.1, 0.15) is 17.1 Å². The average Bonchev–Trinajstić information content (AvgIpc) is 2.92. The van der Waals surface area contributed by atoms with Crippen LogP contribution in [0.5, 0.6) is 0 Å². The molecule has 1 N–H and O–H groups in total. The summed E-state index contributed by atoms with van der Waals surface area (Å²) in [4.78, 5) is 24.0. The maximum atomic E-state index is 12.2. The first-order valence-electron chi connectivity index (χ1n) is 7.78. The maximum Gasteiger partial charge on any atom is 0.342 e. The number of carbonyl (C=O) groups is 2. The van der Waals surface area contributed by atoms with E-state index in [-0.39, 0.29) is 21.2 Å². The van der Waals surface area contributed by atoms with Crippen molar-refractivity contribution in [3.63, 3.8) is 0 Å². The monoisotopic (exact) mass is 414 g/mol. The second kappa shape index (κ2) is 8.12. The summed E-state index contributed by atoms with van der Waals surface area (Å²) in [7, 11) is -0.908. The number of nitrogens with zero attached hydrogens (tertiary/aromatic N) is 1. The SMILES string of the molecule is Cc1cc(C(=O)OCC(=O)Nc2cc(S(=O)(=O)N(C)C)ccc2Cl)c(C)o1. The number of benzene rings is 1. The Labute approximate surface area is 162 Å². The number of rotatable bonds is 6. The standard InChI is InChI=1S/C17H19ClN2O6S/c1-10-7-13(11(2)26-10)17(22)25-9-16(21)19-15-8-12(5-6-14(15)18)27(23,24)20(3)4/h5-8H,9H2,1-4H3,(H,19,21). The summed E-state index contributed by atoms with van der Waals surface area (Å²) in [6.45, 7) is 2.73. The number of sulfonamides is 1. The van der Waals surface area contributed by atoms with E-state index >= 15 is 0 Å². The van der Waals surface area contributed by atoms with Gasteiger partial charge in [-0.15, -0.1) is 0 Å². The van der Waals surface area contributed by atoms with Crippen LogP contribution in [0.25, 0.3) is 0 Å². The van der Waals surface area contributed by atoms with Gasteiger partial charge in [0.25, 0.3) is 5.91 Å². The van der Waals surface area contributed by atoms with Crippen LogP contribution >= 0.6 is 11.6 Å². The summed E-state index contributed by atoms with van der Waals surface area (Å²) in [6.07, 6.45) is 0. The molecule has 2 rings (SSSR count). The Morgan fingerprint density at radius 2 is 1.89 bits per heavy atom. The normalized spacial score (nSPS) is 11.5. The van der Waals surface area contributed by atoms with Crippen LogP contribution in [0, 0.1) is 13.8 Å². The average molecular weight is 415 g/mol. The lowest BCUT2D eigenvalue weighted by atomic mass is 10.2. The lowest BCUT2D eigenvalue weighted by Crippen LogP contribution is -2.23. The predicted molar refractivity (Wildman–Crippen MR) is 99.4 cm³/mol. The van der Waals surface area contributed by atoms with Crippen molar-refractivity contribution in [2.45, 2.75) is 18.7 Å². The number of anilines is 1. The van der Waals surface area contributed by atoms with Crippen LogP contribution in [0.3, 0.4) is 0 Å². The fourth-order valence-electron chi connectivity index (χ4n) is 2.20. The number of nitrogens with one attached hydrogen (secondary N) is 1. The Hall–Kier alpha value is -2.36. The topological polar surface area (TPSA) is 106 Å². The Kier molecular flexibility index (Phi) is 6.30. The number of carbonyl (C=O) groups excluding carboxylic acids is 2. The molecular weight excluding hydrogens is 396 g/mol. The molecule has 0 bridgehead atoms. The second-order valence-electron chi connectivity index (χ2n) is 5.88. The van der Waals surface area contributed by atoms with Crippen LogP contribution in [0.4, 0.5) is 5.69 Å². The van der Waals surface area contributed by atoms with E-state index in [0.29, 0.717) is 11.5 Å². The number of ether oxygens (including phenoxy) is 1. The zero-order valence-corrected chi connectivity index (χ0v) is 16.8. The number of halogens is 1. The van der Waals surface area contributed by atoms with Gasteiger partial charge in [-0.05, 0) is 38.1 Å². The van der Waals surface area contributed by atoms with E-state index in [2.05, 4.69) is 5.32 Å². The van der Waals surface area contributed by atoms with Gasteiger partial charge in [0.2, 0.25) is 10.0 Å². The number of furan rings is 1. The number of hydrogen-bond acceptors (Lipinski definition) is 6. The molecule has 27 heavy (non-hydrogen) atoms. The van der Waals surface area contributed by atoms with Crippen LogP contribution in [0.1, 0.15) is 21.9 Å². The van der Waals surface area contributed by atoms with Crippen LogP contribution in [0.2, 0.25) is 5.02 Å². The van der Waals surface area contributed by atoms with E-state index in [0.717, 1.165) is 4.31 Å². The third-order valence-electron chi connectivity index (χ3n) is 3.59. The fraction of sp³-hybridized carbons (Fsp3) is 0.294. The first kappa shape index (κ1) is 20.9. The summed E-state index contributed by atoms with van der Waals surface area (Å²) in [6, 6.07) is 5.44. The minimum atomic E-state index is -3.69. The van der Waals surface area contributed by atoms with Crippen LogP contribution in [-0.2, 0) is 19.6 Å². The van der Waals surface area contributed by atoms with Gasteiger partial charge in [-0.3, -0.25) is 4.79 Å². The van der Waals surface area contributed by atoms with Crippen LogP contribution in [-0.4, -0.2) is 45.3 Å². The summed E-state index contributed by atoms with van der Waals surface area (Å²) < 4.78 is 35.6. The third-order valence-corrected chi connectivity index (χ3v) is 5.73. The molecule has 8 nitrogen and oxygen atoms in total. The number of amides is 1. The lowest BCUT2D eigenvalue weighted by Gasteiger charge is -2.14. The highest BCUT2D eigenvalue weighted by molar-refractivity contribution is 7.89. The molecule has 1 heterocycles. The number of hydrogen-bond donors (Lipinski definition) is 1. The van der Waals surface area contributed by atoms with Gasteiger partial charge in [-0.25, -0.2) is 17.5 Å². The Morgan fingerprint density at radius 3 is 2.44 bits per heavy atom. The Balaban J connectivity index is 2.07. The molecule has 10 heteroatoms. The summed E-state index contributed by atoms with van der Waals surface area (Å²) >= 11 is 6.01. The molecule has 0 spiro atoms. The second-order valence-corrected chi connectivity index (χ2v) is 8.44. The molecule has 0 unspecified atom stereocenters. The van der Waals surface area contributed by atoms with Gasteiger partial charge in [0.15, 0.2) is 6.61 Å². The number of aryl methyl sites for hydroxylation is 2. The molecule has 1 aromatic heterocycles. The zero-order chi connectivity index (χ0) is 20.4. The highest BCUT2D eigenvalue weighted by Gasteiger charge is 2.20. The van der Waals surface area contributed by atoms with Gasteiger partial charge >= 0.3 is 5.97 Å². The quantitative estimate of drug-likeness (QED) is 0.728. The molecule has 1 aromatic carbocycles. The molecule has 0 saturated heterocycles. The maximum absolute atomic E-state index is 12.2. The van der Waals surface area contributed by atoms with Crippen LogP contribution in [0.15, 0.2) is 33.6 Å². The van der Waals surface area contributed by atoms with Gasteiger partial charge < -0.3 is 14.5 Å². The van der Waals surface area contributed by atoms with Gasteiger partial charge in [-0.2, -0.15) is 0 Å². The van der Waals surface area contributed by atoms with E-state index in [1.165, 1.54) is 38.4 Å². The van der Waals surface area contributed by atoms with E-state index < -0.39 is 28.5 Å². The first-order valence-corrected chi connectivity index (χ1v) is 9.60. The van der Waals surface area contributed by atoms with Crippen molar-refractivity contribution < 1.29 is 27.2 Å². The molecule has 2 aromatic rings. The van der Waals surface area contributed by atoms with E-state index in [4.69, 9.17) is 20.8 Å². The van der Waals surface area contributed by atoms with E-state index in [1.807, 2.05) is 0 Å². The van der Waals surface area contributed by atoms with Gasteiger partial charge in [0, 0.05) is 14.1 Å². The summed E-state index contributed by atoms with van der Waals surface area (Å²) in [5.41, 5.74) is 0.327. The minimum Gasteiger partial charge on any atom is -0.466 e. The van der Waals surface area contributed by atoms with Crippen molar-refractivity contribution in [3.05, 3.63) is 46.4 Å². The fourth-order valence-corrected chi connectivity index (χ4v) is 3.29. The lowest BCUT2D eigenvalue weighted by molar-refractivity contribution is -0.119. The largest absolute Gasteiger partial charge is 0.466 e. The van der Waals surface area contributed by atoms with Crippen molar-refractivity contribution in [1.29, 1.82) is 0 Å². The van der Waals surface area contributed by atoms with E-state index in [9.17, 15) is 18.0 Å². The predicted octanol–water partition coefficient (Wildman–Crippen LogP) is 2.60. The smallest absolute Gasteiger partial charge is 0.342 e. The molecule has 0 saturated carbocycles. The molecule has 0 aliphatic carbocycles. The van der Waals surface area contributed by atoms with Crippen LogP contribution < -0.4 is 5.32 Å². The van der Waals surface area contributed by atoms with Gasteiger partial charge in [-0.1, -0.05) is 11.6 Å². The zero-order valence-electron chi connectivity index (χ0n) is 15.2. The highest BCUT2D eigenvalue weighted by atomic mass is 35.5. The molecule has 0 radical (unpaired) electrons. The molecule has 0 aliphatic heterocycles. The third kappa shape index (κ3) is 4.88. The molecule has 0 atom stereocenters. The van der Waals surface area contributed by atoms with Crippen molar-refractivity contribution >= 4 is 39.2 Å². The minimum absolute atomic E-state index is 0.0336. The molecule has 146 valence electrons. The molecule has 0 aliphatic rings. The summed E-state index contributed by atoms with van der Waals surface area (Å²) in [5.74, 6) is -0.422.